The molecule has 1 saturated heterocycles. The van der Waals surface area contributed by atoms with Crippen LogP contribution in [0.5, 0.6) is 5.75 Å². The number of rotatable bonds is 5. The summed E-state index contributed by atoms with van der Waals surface area (Å²) in [7, 11) is 3.97. The topological polar surface area (TPSA) is 41.0 Å². The van der Waals surface area contributed by atoms with Crippen LogP contribution in [0.1, 0.15) is 52.9 Å². The molecule has 3 heterocycles. The molecule has 36 heavy (non-hydrogen) atoms. The smallest absolute Gasteiger partial charge is 0.156 e. The molecule has 3 aromatic rings. The van der Waals surface area contributed by atoms with E-state index in [-0.39, 0.29) is 24.8 Å². The van der Waals surface area contributed by atoms with Crippen molar-refractivity contribution in [2.45, 2.75) is 45.1 Å². The summed E-state index contributed by atoms with van der Waals surface area (Å²) in [6.45, 7) is 7.44. The van der Waals surface area contributed by atoms with Crippen LogP contribution in [0.4, 0.5) is 5.69 Å². The first-order valence-corrected chi connectivity index (χ1v) is 13.1. The molecule has 1 atom stereocenters. The Morgan fingerprint density at radius 1 is 1.06 bits per heavy atom. The molecule has 8 heteroatoms. The number of nitrogens with zero attached hydrogens (tertiary/aromatic N) is 4. The van der Waals surface area contributed by atoms with E-state index in [1.54, 1.807) is 7.11 Å². The maximum atomic E-state index is 5.31. The molecule has 1 fully saturated rings. The van der Waals surface area contributed by atoms with Crippen LogP contribution in [-0.2, 0) is 12.8 Å². The standard InChI is InChI=1S/C28H34N4OS.2ClH/c1-19(2)28-30-26-25(34-28)17-21-7-5-6-8-24(21)29-27(26)32-16-15-31(3)22(18-32)12-9-20-10-13-23(33-4)14-11-20;;/h5-8,10-11,13-14,19,22H,9,12,15-18H2,1-4H3;2*1H/t22-;;/m0../s1. The highest BCUT2D eigenvalue weighted by molar-refractivity contribution is 7.12. The number of ether oxygens (including phenoxy) is 1. The van der Waals surface area contributed by atoms with E-state index in [1.807, 2.05) is 11.3 Å². The van der Waals surface area contributed by atoms with Gasteiger partial charge in [0, 0.05) is 42.9 Å². The number of para-hydroxylation sites is 1. The van der Waals surface area contributed by atoms with Crippen molar-refractivity contribution in [1.82, 2.24) is 14.8 Å². The van der Waals surface area contributed by atoms with Crippen molar-refractivity contribution in [2.24, 2.45) is 4.99 Å². The van der Waals surface area contributed by atoms with Crippen LogP contribution in [0.15, 0.2) is 53.5 Å². The van der Waals surface area contributed by atoms with Crippen molar-refractivity contribution in [1.29, 1.82) is 0 Å². The van der Waals surface area contributed by atoms with Gasteiger partial charge in [0.1, 0.15) is 11.4 Å². The molecule has 0 N–H and O–H groups in total. The minimum absolute atomic E-state index is 0. The van der Waals surface area contributed by atoms with Gasteiger partial charge < -0.3 is 9.64 Å². The Morgan fingerprint density at radius 2 is 1.81 bits per heavy atom. The lowest BCUT2D eigenvalue weighted by Gasteiger charge is -2.40. The summed E-state index contributed by atoms with van der Waals surface area (Å²) in [6.07, 6.45) is 3.09. The summed E-state index contributed by atoms with van der Waals surface area (Å²) in [6, 6.07) is 17.5. The minimum atomic E-state index is 0. The first-order chi connectivity index (χ1) is 16.5. The lowest BCUT2D eigenvalue weighted by atomic mass is 10.0. The zero-order chi connectivity index (χ0) is 23.7. The molecule has 5 rings (SSSR count). The van der Waals surface area contributed by atoms with Crippen molar-refractivity contribution in [3.05, 3.63) is 75.2 Å². The lowest BCUT2D eigenvalue weighted by Crippen LogP contribution is -2.53. The normalized spacial score (nSPS) is 17.3. The van der Waals surface area contributed by atoms with E-state index < -0.39 is 0 Å². The molecule has 0 bridgehead atoms. The van der Waals surface area contributed by atoms with Gasteiger partial charge >= 0.3 is 0 Å². The van der Waals surface area contributed by atoms with Crippen LogP contribution in [0.2, 0.25) is 0 Å². The average molecular weight is 548 g/mol. The van der Waals surface area contributed by atoms with E-state index in [1.165, 1.54) is 21.0 Å². The first-order valence-electron chi connectivity index (χ1n) is 12.3. The number of likely N-dealkylation sites (N-methyl/N-ethyl adjacent to an activating group) is 1. The van der Waals surface area contributed by atoms with Gasteiger partial charge in [-0.2, -0.15) is 0 Å². The Labute approximate surface area is 231 Å². The number of amidine groups is 1. The third-order valence-electron chi connectivity index (χ3n) is 6.99. The van der Waals surface area contributed by atoms with Crippen molar-refractivity contribution in [3.63, 3.8) is 0 Å². The van der Waals surface area contributed by atoms with Crippen LogP contribution < -0.4 is 4.74 Å². The van der Waals surface area contributed by atoms with Gasteiger partial charge in [0.25, 0.3) is 0 Å². The molecule has 2 aliphatic heterocycles. The first kappa shape index (κ1) is 28.5. The Kier molecular flexibility index (Phi) is 9.81. The molecule has 0 spiro atoms. The van der Waals surface area contributed by atoms with E-state index in [2.05, 4.69) is 79.2 Å². The fourth-order valence-electron chi connectivity index (χ4n) is 4.82. The monoisotopic (exact) mass is 546 g/mol. The predicted molar refractivity (Wildman–Crippen MR) is 155 cm³/mol. The molecule has 2 aromatic carbocycles. The Hall–Kier alpha value is -2.12. The highest BCUT2D eigenvalue weighted by atomic mass is 35.5. The summed E-state index contributed by atoms with van der Waals surface area (Å²) < 4.78 is 5.31. The third kappa shape index (κ3) is 6.05. The van der Waals surface area contributed by atoms with Crippen LogP contribution >= 0.6 is 36.2 Å². The van der Waals surface area contributed by atoms with Gasteiger partial charge in [0.05, 0.1) is 17.8 Å². The number of fused-ring (bicyclic) bond motifs is 2. The second-order valence-electron chi connectivity index (χ2n) is 9.69. The van der Waals surface area contributed by atoms with Crippen molar-refractivity contribution in [2.75, 3.05) is 33.8 Å². The van der Waals surface area contributed by atoms with E-state index >= 15 is 0 Å². The Balaban J connectivity index is 0.00000180. The summed E-state index contributed by atoms with van der Waals surface area (Å²) in [4.78, 5) is 16.7. The van der Waals surface area contributed by atoms with Gasteiger partial charge in [0.15, 0.2) is 5.84 Å². The highest BCUT2D eigenvalue weighted by Crippen LogP contribution is 2.35. The van der Waals surface area contributed by atoms with Crippen LogP contribution in [0.3, 0.4) is 0 Å². The number of aryl methyl sites for hydroxylation is 1. The summed E-state index contributed by atoms with van der Waals surface area (Å²) in [5.74, 6) is 2.40. The number of aliphatic imine (C=N–C) groups is 1. The second kappa shape index (κ2) is 12.4. The molecule has 1 aromatic heterocycles. The molecule has 0 aliphatic carbocycles. The quantitative estimate of drug-likeness (QED) is 0.373. The van der Waals surface area contributed by atoms with Crippen LogP contribution in [-0.4, -0.2) is 60.5 Å². The minimum Gasteiger partial charge on any atom is -0.497 e. The number of benzene rings is 2. The molecule has 0 amide bonds. The molecule has 0 saturated carbocycles. The van der Waals surface area contributed by atoms with Crippen molar-refractivity contribution in [3.8, 4) is 5.75 Å². The van der Waals surface area contributed by atoms with Gasteiger partial charge in [-0.1, -0.05) is 44.2 Å². The fraction of sp³-hybridized carbons (Fsp3) is 0.429. The molecule has 0 unspecified atom stereocenters. The van der Waals surface area contributed by atoms with Gasteiger partial charge in [-0.25, -0.2) is 9.98 Å². The van der Waals surface area contributed by atoms with Gasteiger partial charge in [0.2, 0.25) is 0 Å². The van der Waals surface area contributed by atoms with Crippen LogP contribution in [0, 0.1) is 0 Å². The van der Waals surface area contributed by atoms with E-state index in [0.717, 1.165) is 61.9 Å². The number of hydrogen-bond donors (Lipinski definition) is 0. The van der Waals surface area contributed by atoms with Gasteiger partial charge in [-0.05, 0) is 49.2 Å². The maximum absolute atomic E-state index is 5.31. The zero-order valence-corrected chi connectivity index (χ0v) is 23.9. The zero-order valence-electron chi connectivity index (χ0n) is 21.4. The predicted octanol–water partition coefficient (Wildman–Crippen LogP) is 6.35. The van der Waals surface area contributed by atoms with Crippen LogP contribution in [0.25, 0.3) is 0 Å². The summed E-state index contributed by atoms with van der Waals surface area (Å²) in [5, 5.41) is 1.21. The van der Waals surface area contributed by atoms with Gasteiger partial charge in [-0.3, -0.25) is 4.90 Å². The number of halogens is 2. The number of aromatic nitrogens is 1. The largest absolute Gasteiger partial charge is 0.497 e. The average Bonchev–Trinajstić information content (AvgIpc) is 3.20. The second-order valence-corrected chi connectivity index (χ2v) is 10.8. The van der Waals surface area contributed by atoms with Gasteiger partial charge in [-0.15, -0.1) is 36.2 Å². The maximum Gasteiger partial charge on any atom is 0.156 e. The summed E-state index contributed by atoms with van der Waals surface area (Å²) >= 11 is 1.86. The number of hydrogen-bond acceptors (Lipinski definition) is 6. The number of thiazole rings is 1. The molecular formula is C28H36Cl2N4OS. The van der Waals surface area contributed by atoms with Crippen molar-refractivity contribution >= 4 is 47.7 Å². The molecule has 5 nitrogen and oxygen atoms in total. The molecule has 0 radical (unpaired) electrons. The van der Waals surface area contributed by atoms with E-state index in [0.29, 0.717) is 12.0 Å². The number of methoxy groups -OCH3 is 1. The molecule has 2 aliphatic rings. The third-order valence-corrected chi connectivity index (χ3v) is 8.35. The van der Waals surface area contributed by atoms with E-state index in [9.17, 15) is 0 Å². The fourth-order valence-corrected chi connectivity index (χ4v) is 5.90. The lowest BCUT2D eigenvalue weighted by molar-refractivity contribution is 0.134. The Morgan fingerprint density at radius 3 is 2.53 bits per heavy atom. The highest BCUT2D eigenvalue weighted by Gasteiger charge is 2.31. The Bertz CT molecular complexity index is 1180. The molecular weight excluding hydrogens is 511 g/mol. The number of piperazine rings is 1. The SMILES string of the molecule is COc1ccc(CC[C@H]2CN(C3=Nc4ccccc4Cc4sc(C(C)C)nc43)CCN2C)cc1.Cl.Cl. The van der Waals surface area contributed by atoms with E-state index in [4.69, 9.17) is 14.7 Å². The van der Waals surface area contributed by atoms with Crippen molar-refractivity contribution < 1.29 is 4.74 Å². The summed E-state index contributed by atoms with van der Waals surface area (Å²) in [5.41, 5.74) is 4.84. The molecule has 194 valence electrons.